The maximum Gasteiger partial charge on any atom is 0.264 e. The largest absolute Gasteiger partial charge is 0.352 e. The van der Waals surface area contributed by atoms with E-state index < -0.39 is 28.5 Å². The number of aryl methyl sites for hydroxylation is 1. The number of sulfonamides is 1. The van der Waals surface area contributed by atoms with Gasteiger partial charge in [0.2, 0.25) is 11.8 Å². The van der Waals surface area contributed by atoms with Gasteiger partial charge in [-0.2, -0.15) is 0 Å². The summed E-state index contributed by atoms with van der Waals surface area (Å²) in [7, 11) is -4.09. The summed E-state index contributed by atoms with van der Waals surface area (Å²) in [6.07, 6.45) is 0.929. The van der Waals surface area contributed by atoms with Crippen molar-refractivity contribution in [3.63, 3.8) is 0 Å². The van der Waals surface area contributed by atoms with Gasteiger partial charge >= 0.3 is 0 Å². The minimum atomic E-state index is -4.09. The first kappa shape index (κ1) is 31.9. The van der Waals surface area contributed by atoms with Crippen LogP contribution in [0.4, 0.5) is 5.69 Å². The highest BCUT2D eigenvalue weighted by atomic mass is 32.2. The van der Waals surface area contributed by atoms with Crippen LogP contribution < -0.4 is 9.62 Å². The lowest BCUT2D eigenvalue weighted by Crippen LogP contribution is -2.54. The van der Waals surface area contributed by atoms with Crippen molar-refractivity contribution >= 4 is 27.5 Å². The number of hydrogen-bond acceptors (Lipinski definition) is 4. The molecule has 1 N–H and O–H groups in total. The molecular formula is C33H43N3O4S. The molecule has 0 radical (unpaired) electrons. The van der Waals surface area contributed by atoms with Crippen LogP contribution in [-0.4, -0.2) is 50.3 Å². The van der Waals surface area contributed by atoms with Gasteiger partial charge in [-0.3, -0.25) is 13.9 Å². The van der Waals surface area contributed by atoms with Crippen LogP contribution in [0.5, 0.6) is 0 Å². The first-order valence-corrected chi connectivity index (χ1v) is 15.7. The summed E-state index contributed by atoms with van der Waals surface area (Å²) in [4.78, 5) is 28.9. The second-order valence-corrected chi connectivity index (χ2v) is 12.8. The minimum Gasteiger partial charge on any atom is -0.352 e. The number of rotatable bonds is 13. The SMILES string of the molecule is CC[C@H](C(=O)NC(C)C)N(CCc1ccccc1)C(=O)CN(c1ccc(C(C)C)cc1)S(=O)(=O)c1ccc(C)cc1. The van der Waals surface area contributed by atoms with E-state index in [1.807, 2.05) is 70.2 Å². The zero-order valence-electron chi connectivity index (χ0n) is 25.0. The van der Waals surface area contributed by atoms with Gasteiger partial charge in [-0.1, -0.05) is 80.9 Å². The van der Waals surface area contributed by atoms with E-state index in [4.69, 9.17) is 0 Å². The maximum absolute atomic E-state index is 14.1. The maximum atomic E-state index is 14.1. The molecule has 3 rings (SSSR count). The Hall–Kier alpha value is -3.65. The molecule has 0 aromatic heterocycles. The van der Waals surface area contributed by atoms with Crippen molar-refractivity contribution in [3.05, 3.63) is 95.6 Å². The molecule has 0 aliphatic heterocycles. The van der Waals surface area contributed by atoms with E-state index in [0.29, 0.717) is 18.5 Å². The fourth-order valence-electron chi connectivity index (χ4n) is 4.67. The van der Waals surface area contributed by atoms with Crippen molar-refractivity contribution in [2.45, 2.75) is 77.3 Å². The van der Waals surface area contributed by atoms with Gasteiger partial charge in [-0.25, -0.2) is 8.42 Å². The van der Waals surface area contributed by atoms with Crippen LogP contribution in [0.25, 0.3) is 0 Å². The first-order valence-electron chi connectivity index (χ1n) is 14.3. The second-order valence-electron chi connectivity index (χ2n) is 11.0. The summed E-state index contributed by atoms with van der Waals surface area (Å²) in [6.45, 7) is 11.5. The number of nitrogens with zero attached hydrogens (tertiary/aromatic N) is 2. The zero-order valence-corrected chi connectivity index (χ0v) is 25.8. The number of carbonyl (C=O) groups excluding carboxylic acids is 2. The molecule has 8 heteroatoms. The average molecular weight is 578 g/mol. The van der Waals surface area contributed by atoms with Crippen LogP contribution in [-0.2, 0) is 26.0 Å². The smallest absolute Gasteiger partial charge is 0.264 e. The Bertz CT molecular complexity index is 1390. The van der Waals surface area contributed by atoms with E-state index in [-0.39, 0.29) is 29.3 Å². The summed E-state index contributed by atoms with van der Waals surface area (Å²) in [5.74, 6) is -0.417. The molecule has 220 valence electrons. The van der Waals surface area contributed by atoms with Crippen LogP contribution in [0.3, 0.4) is 0 Å². The third kappa shape index (κ3) is 8.43. The predicted molar refractivity (Wildman–Crippen MR) is 165 cm³/mol. The van der Waals surface area contributed by atoms with Gasteiger partial charge in [0.25, 0.3) is 10.0 Å². The van der Waals surface area contributed by atoms with Crippen molar-refractivity contribution in [1.29, 1.82) is 0 Å². The number of carbonyl (C=O) groups is 2. The highest BCUT2D eigenvalue weighted by Crippen LogP contribution is 2.27. The summed E-state index contributed by atoms with van der Waals surface area (Å²) in [5.41, 5.74) is 3.42. The molecule has 0 spiro atoms. The molecule has 1 atom stereocenters. The van der Waals surface area contributed by atoms with E-state index in [2.05, 4.69) is 19.2 Å². The fourth-order valence-corrected chi connectivity index (χ4v) is 6.08. The predicted octanol–water partition coefficient (Wildman–Crippen LogP) is 5.69. The summed E-state index contributed by atoms with van der Waals surface area (Å²) in [6, 6.07) is 22.8. The van der Waals surface area contributed by atoms with Crippen molar-refractivity contribution < 1.29 is 18.0 Å². The fraction of sp³-hybridized carbons (Fsp3) is 0.394. The number of hydrogen-bond donors (Lipinski definition) is 1. The number of amides is 2. The Balaban J connectivity index is 2.03. The monoisotopic (exact) mass is 577 g/mol. The molecule has 7 nitrogen and oxygen atoms in total. The van der Waals surface area contributed by atoms with Crippen molar-refractivity contribution in [3.8, 4) is 0 Å². The van der Waals surface area contributed by atoms with Crippen LogP contribution in [0.1, 0.15) is 63.6 Å². The molecule has 0 bridgehead atoms. The molecule has 2 amide bonds. The lowest BCUT2D eigenvalue weighted by Gasteiger charge is -2.33. The third-order valence-corrected chi connectivity index (χ3v) is 8.82. The Morgan fingerprint density at radius 2 is 1.46 bits per heavy atom. The molecule has 0 aliphatic carbocycles. The number of benzene rings is 3. The standard InChI is InChI=1S/C33H43N3O4S/c1-7-31(33(38)34-25(4)5)35(22-21-27-11-9-8-10-12-27)32(37)23-36(29-17-15-28(16-18-29)24(2)3)41(39,40)30-19-13-26(6)14-20-30/h8-20,24-25,31H,7,21-23H2,1-6H3,(H,34,38)/t31-/m1/s1. The Labute approximate surface area is 245 Å². The van der Waals surface area contributed by atoms with E-state index in [0.717, 1.165) is 21.0 Å². The highest BCUT2D eigenvalue weighted by molar-refractivity contribution is 7.92. The van der Waals surface area contributed by atoms with Gasteiger partial charge in [0.05, 0.1) is 10.6 Å². The minimum absolute atomic E-state index is 0.0967. The highest BCUT2D eigenvalue weighted by Gasteiger charge is 2.33. The van der Waals surface area contributed by atoms with Crippen LogP contribution in [0.15, 0.2) is 83.8 Å². The average Bonchev–Trinajstić information content (AvgIpc) is 2.94. The van der Waals surface area contributed by atoms with Crippen molar-refractivity contribution in [2.75, 3.05) is 17.4 Å². The van der Waals surface area contributed by atoms with E-state index in [1.54, 1.807) is 36.4 Å². The van der Waals surface area contributed by atoms with Gasteiger partial charge in [0.1, 0.15) is 12.6 Å². The number of anilines is 1. The Morgan fingerprint density at radius 1 is 0.854 bits per heavy atom. The lowest BCUT2D eigenvalue weighted by molar-refractivity contribution is -0.139. The van der Waals surface area contributed by atoms with Gasteiger partial charge in [-0.15, -0.1) is 0 Å². The lowest BCUT2D eigenvalue weighted by atomic mass is 10.0. The van der Waals surface area contributed by atoms with Gasteiger partial charge in [0, 0.05) is 12.6 Å². The van der Waals surface area contributed by atoms with E-state index in [1.165, 1.54) is 4.90 Å². The molecule has 0 fully saturated rings. The van der Waals surface area contributed by atoms with Crippen molar-refractivity contribution in [1.82, 2.24) is 10.2 Å². The van der Waals surface area contributed by atoms with Crippen LogP contribution in [0, 0.1) is 6.92 Å². The van der Waals surface area contributed by atoms with Gasteiger partial charge < -0.3 is 10.2 Å². The van der Waals surface area contributed by atoms with Gasteiger partial charge in [-0.05, 0) is 74.9 Å². The molecule has 0 unspecified atom stereocenters. The van der Waals surface area contributed by atoms with Crippen LogP contribution >= 0.6 is 0 Å². The Morgan fingerprint density at radius 3 is 2.00 bits per heavy atom. The molecule has 41 heavy (non-hydrogen) atoms. The summed E-state index contributed by atoms with van der Waals surface area (Å²) >= 11 is 0. The van der Waals surface area contributed by atoms with E-state index in [9.17, 15) is 18.0 Å². The third-order valence-electron chi connectivity index (χ3n) is 7.04. The molecule has 0 saturated heterocycles. The molecule has 3 aromatic carbocycles. The van der Waals surface area contributed by atoms with Crippen LogP contribution in [0.2, 0.25) is 0 Å². The molecular weight excluding hydrogens is 534 g/mol. The zero-order chi connectivity index (χ0) is 30.2. The molecule has 3 aromatic rings. The molecule has 0 aliphatic rings. The Kier molecular flexibility index (Phi) is 11.1. The molecule has 0 heterocycles. The topological polar surface area (TPSA) is 86.8 Å². The van der Waals surface area contributed by atoms with E-state index >= 15 is 0 Å². The normalized spacial score (nSPS) is 12.3. The number of nitrogens with one attached hydrogen (secondary N) is 1. The summed E-state index contributed by atoms with van der Waals surface area (Å²) in [5, 5.41) is 2.93. The molecule has 0 saturated carbocycles. The van der Waals surface area contributed by atoms with Crippen molar-refractivity contribution in [2.24, 2.45) is 0 Å². The first-order chi connectivity index (χ1) is 19.4. The second kappa shape index (κ2) is 14.3. The van der Waals surface area contributed by atoms with Gasteiger partial charge in [0.15, 0.2) is 0 Å². The quantitative estimate of drug-likeness (QED) is 0.283. The summed E-state index contributed by atoms with van der Waals surface area (Å²) < 4.78 is 29.1.